The minimum atomic E-state index is 0.350. The number of fused-ring (bicyclic) bond motifs is 2. The molecule has 3 aliphatic rings. The molecule has 0 unspecified atom stereocenters. The summed E-state index contributed by atoms with van der Waals surface area (Å²) in [5.41, 5.74) is 6.32. The van der Waals surface area contributed by atoms with E-state index in [0.29, 0.717) is 6.04 Å². The molecule has 8 heteroatoms. The van der Waals surface area contributed by atoms with Crippen LogP contribution in [0.25, 0.3) is 5.65 Å². The molecular formula is C29H42N8. The predicted octanol–water partition coefficient (Wildman–Crippen LogP) is 2.74. The maximum atomic E-state index is 5.28. The molecule has 0 spiro atoms. The van der Waals surface area contributed by atoms with E-state index in [1.54, 1.807) is 0 Å². The molecule has 3 aromatic heterocycles. The number of imidazole rings is 1. The fraction of sp³-hybridized carbons (Fsp3) is 0.586. The van der Waals surface area contributed by atoms with Crippen molar-refractivity contribution in [2.45, 2.75) is 38.4 Å². The van der Waals surface area contributed by atoms with Crippen molar-refractivity contribution in [3.8, 4) is 0 Å². The van der Waals surface area contributed by atoms with Gasteiger partial charge in [0.1, 0.15) is 11.5 Å². The Morgan fingerprint density at radius 1 is 0.919 bits per heavy atom. The van der Waals surface area contributed by atoms with Gasteiger partial charge in [0.2, 0.25) is 0 Å². The third-order valence-corrected chi connectivity index (χ3v) is 8.69. The second kappa shape index (κ2) is 10.7. The first-order valence-electron chi connectivity index (χ1n) is 14.0. The van der Waals surface area contributed by atoms with E-state index in [0.717, 1.165) is 83.9 Å². The molecule has 0 saturated carbocycles. The number of hydrogen-bond acceptors (Lipinski definition) is 7. The van der Waals surface area contributed by atoms with Gasteiger partial charge in [-0.1, -0.05) is 12.1 Å². The largest absolute Gasteiger partial charge is 0.355 e. The highest BCUT2D eigenvalue weighted by Crippen LogP contribution is 2.33. The van der Waals surface area contributed by atoms with E-state index in [1.807, 2.05) is 6.20 Å². The Balaban J connectivity index is 1.35. The highest BCUT2D eigenvalue weighted by atomic mass is 15.3. The summed E-state index contributed by atoms with van der Waals surface area (Å²) in [7, 11) is 6.72. The Labute approximate surface area is 221 Å². The molecule has 0 N–H and O–H groups in total. The number of likely N-dealkylation sites (N-methyl/N-ethyl adjacent to an activating group) is 2. The maximum absolute atomic E-state index is 5.28. The van der Waals surface area contributed by atoms with E-state index < -0.39 is 0 Å². The first kappa shape index (κ1) is 24.8. The molecule has 0 amide bonds. The highest BCUT2D eigenvalue weighted by molar-refractivity contribution is 5.55. The third kappa shape index (κ3) is 5.12. The summed E-state index contributed by atoms with van der Waals surface area (Å²) < 4.78 is 2.47. The molecule has 2 fully saturated rings. The average Bonchev–Trinajstić information content (AvgIpc) is 3.26. The number of aryl methyl sites for hydroxylation is 1. The fourth-order valence-electron chi connectivity index (χ4n) is 6.33. The predicted molar refractivity (Wildman–Crippen MR) is 149 cm³/mol. The summed E-state index contributed by atoms with van der Waals surface area (Å²) in [4.78, 5) is 22.6. The molecule has 5 heterocycles. The lowest BCUT2D eigenvalue weighted by Crippen LogP contribution is -2.45. The van der Waals surface area contributed by atoms with Crippen molar-refractivity contribution in [2.75, 3.05) is 78.4 Å². The van der Waals surface area contributed by atoms with Crippen molar-refractivity contribution in [1.82, 2.24) is 34.0 Å². The number of hydrogen-bond donors (Lipinski definition) is 0. The smallest absolute Gasteiger partial charge is 0.138 e. The number of nitrogens with zero attached hydrogens (tertiary/aromatic N) is 8. The summed E-state index contributed by atoms with van der Waals surface area (Å²) in [5, 5.41) is 0. The molecule has 0 radical (unpaired) electrons. The fourth-order valence-corrected chi connectivity index (χ4v) is 6.33. The molecule has 3 aromatic rings. The SMILES string of the molecule is CN1CCN(Cc2c(CN(C)[C@H]3CCCc4cccnc43)nc3cccc(N4CCN(C)CC4)n23)CC1. The van der Waals surface area contributed by atoms with Crippen molar-refractivity contribution in [1.29, 1.82) is 0 Å². The Hall–Kier alpha value is -2.52. The maximum Gasteiger partial charge on any atom is 0.138 e. The van der Waals surface area contributed by atoms with Crippen LogP contribution in [0.15, 0.2) is 36.5 Å². The molecular weight excluding hydrogens is 460 g/mol. The van der Waals surface area contributed by atoms with E-state index in [4.69, 9.17) is 9.97 Å². The number of piperazine rings is 2. The quantitative estimate of drug-likeness (QED) is 0.514. The van der Waals surface area contributed by atoms with E-state index in [-0.39, 0.29) is 0 Å². The number of anilines is 1. The molecule has 0 bridgehead atoms. The molecule has 1 aliphatic carbocycles. The molecule has 1 atom stereocenters. The summed E-state index contributed by atoms with van der Waals surface area (Å²) in [6.07, 6.45) is 5.48. The van der Waals surface area contributed by atoms with Crippen molar-refractivity contribution < 1.29 is 0 Å². The number of aromatic nitrogens is 3. The standard InChI is InChI=1S/C29H42N8/c1-32-13-17-35(18-14-32)22-26-24(21-34(3)25-9-4-7-23-8-6-12-30-29(23)25)31-27-10-5-11-28(37(26)27)36-19-15-33(2)16-20-36/h5-6,8,10-12,25H,4,7,9,13-22H2,1-3H3/t25-/m0/s1. The molecule has 0 aromatic carbocycles. The third-order valence-electron chi connectivity index (χ3n) is 8.69. The molecule has 37 heavy (non-hydrogen) atoms. The highest BCUT2D eigenvalue weighted by Gasteiger charge is 2.28. The lowest BCUT2D eigenvalue weighted by atomic mass is 9.91. The first-order valence-corrected chi connectivity index (χ1v) is 14.0. The van der Waals surface area contributed by atoms with Gasteiger partial charge in [0.25, 0.3) is 0 Å². The van der Waals surface area contributed by atoms with Gasteiger partial charge in [-0.25, -0.2) is 4.98 Å². The van der Waals surface area contributed by atoms with Gasteiger partial charge in [0.15, 0.2) is 0 Å². The second-order valence-corrected chi connectivity index (χ2v) is 11.3. The van der Waals surface area contributed by atoms with Crippen LogP contribution in [0.1, 0.15) is 41.5 Å². The van der Waals surface area contributed by atoms with Gasteiger partial charge in [0, 0.05) is 71.6 Å². The Morgan fingerprint density at radius 3 is 2.46 bits per heavy atom. The van der Waals surface area contributed by atoms with Crippen LogP contribution in [0.2, 0.25) is 0 Å². The van der Waals surface area contributed by atoms with Gasteiger partial charge in [-0.05, 0) is 64.2 Å². The van der Waals surface area contributed by atoms with Gasteiger partial charge in [-0.3, -0.25) is 19.2 Å². The van der Waals surface area contributed by atoms with E-state index in [9.17, 15) is 0 Å². The van der Waals surface area contributed by atoms with Crippen molar-refractivity contribution in [2.24, 2.45) is 0 Å². The lowest BCUT2D eigenvalue weighted by Gasteiger charge is -2.35. The summed E-state index contributed by atoms with van der Waals surface area (Å²) in [5.74, 6) is 1.29. The van der Waals surface area contributed by atoms with Crippen LogP contribution in [0.3, 0.4) is 0 Å². The Kier molecular flexibility index (Phi) is 7.16. The zero-order valence-electron chi connectivity index (χ0n) is 22.8. The summed E-state index contributed by atoms with van der Waals surface area (Å²) >= 11 is 0. The zero-order chi connectivity index (χ0) is 25.4. The van der Waals surface area contributed by atoms with Gasteiger partial charge < -0.3 is 14.7 Å². The molecule has 6 rings (SSSR count). The van der Waals surface area contributed by atoms with Crippen LogP contribution >= 0.6 is 0 Å². The lowest BCUT2D eigenvalue weighted by molar-refractivity contribution is 0.145. The second-order valence-electron chi connectivity index (χ2n) is 11.3. The van der Waals surface area contributed by atoms with Gasteiger partial charge in [-0.15, -0.1) is 0 Å². The molecule has 2 aliphatic heterocycles. The van der Waals surface area contributed by atoms with Gasteiger partial charge >= 0.3 is 0 Å². The first-order chi connectivity index (χ1) is 18.1. The zero-order valence-corrected chi connectivity index (χ0v) is 22.8. The van der Waals surface area contributed by atoms with Gasteiger partial charge in [0.05, 0.1) is 23.1 Å². The van der Waals surface area contributed by atoms with Crippen LogP contribution in [0.5, 0.6) is 0 Å². The van der Waals surface area contributed by atoms with Crippen LogP contribution in [0, 0.1) is 0 Å². The van der Waals surface area contributed by atoms with Crippen LogP contribution in [0.4, 0.5) is 5.82 Å². The van der Waals surface area contributed by atoms with E-state index in [2.05, 4.69) is 80.4 Å². The summed E-state index contributed by atoms with van der Waals surface area (Å²) in [6.45, 7) is 10.6. The van der Waals surface area contributed by atoms with Crippen LogP contribution in [-0.4, -0.2) is 107 Å². The normalized spacial score (nSPS) is 22.2. The minimum absolute atomic E-state index is 0.350. The summed E-state index contributed by atoms with van der Waals surface area (Å²) in [6, 6.07) is 11.4. The van der Waals surface area contributed by atoms with Crippen molar-refractivity contribution in [3.05, 3.63) is 59.2 Å². The van der Waals surface area contributed by atoms with Crippen molar-refractivity contribution >= 4 is 11.5 Å². The van der Waals surface area contributed by atoms with Crippen molar-refractivity contribution in [3.63, 3.8) is 0 Å². The topological polar surface area (TPSA) is 46.4 Å². The number of pyridine rings is 2. The minimum Gasteiger partial charge on any atom is -0.355 e. The van der Waals surface area contributed by atoms with Gasteiger partial charge in [-0.2, -0.15) is 0 Å². The molecule has 2 saturated heterocycles. The monoisotopic (exact) mass is 502 g/mol. The Morgan fingerprint density at radius 2 is 1.68 bits per heavy atom. The Bertz CT molecular complexity index is 1210. The molecule has 198 valence electrons. The van der Waals surface area contributed by atoms with E-state index in [1.165, 1.54) is 34.9 Å². The average molecular weight is 503 g/mol. The van der Waals surface area contributed by atoms with Crippen LogP contribution in [-0.2, 0) is 19.5 Å². The van der Waals surface area contributed by atoms with E-state index >= 15 is 0 Å². The molecule has 8 nitrogen and oxygen atoms in total. The number of rotatable bonds is 6. The van der Waals surface area contributed by atoms with Crippen LogP contribution < -0.4 is 4.90 Å².